The van der Waals surface area contributed by atoms with Gasteiger partial charge in [-0.25, -0.2) is 0 Å². The average Bonchev–Trinajstić information content (AvgIpc) is 3.23. The van der Waals surface area contributed by atoms with Crippen molar-refractivity contribution in [3.63, 3.8) is 0 Å². The number of morpholine rings is 1. The van der Waals surface area contributed by atoms with Crippen LogP contribution in [0.5, 0.6) is 5.75 Å². The second-order valence-electron chi connectivity index (χ2n) is 8.57. The fraction of sp³-hybridized carbons (Fsp3) is 0.739. The molecule has 2 saturated heterocycles. The molecule has 156 valence electrons. The Morgan fingerprint density at radius 1 is 1.11 bits per heavy atom. The molecule has 3 unspecified atom stereocenters. The summed E-state index contributed by atoms with van der Waals surface area (Å²) in [7, 11) is 0. The Labute approximate surface area is 169 Å². The quantitative estimate of drug-likeness (QED) is 0.752. The van der Waals surface area contributed by atoms with Crippen molar-refractivity contribution in [3.05, 3.63) is 29.8 Å². The van der Waals surface area contributed by atoms with Crippen LogP contribution >= 0.6 is 0 Å². The third-order valence-corrected chi connectivity index (χ3v) is 6.97. The molecule has 0 radical (unpaired) electrons. The van der Waals surface area contributed by atoms with Crippen LogP contribution in [0.1, 0.15) is 44.6 Å². The maximum Gasteiger partial charge on any atom is 0.119 e. The van der Waals surface area contributed by atoms with E-state index >= 15 is 0 Å². The Bertz CT molecular complexity index is 594. The van der Waals surface area contributed by atoms with Gasteiger partial charge in [0, 0.05) is 43.8 Å². The van der Waals surface area contributed by atoms with E-state index in [0.717, 1.165) is 58.1 Å². The van der Waals surface area contributed by atoms with Gasteiger partial charge in [-0.1, -0.05) is 18.6 Å². The first-order valence-corrected chi connectivity index (χ1v) is 11.2. The van der Waals surface area contributed by atoms with Crippen molar-refractivity contribution in [2.75, 3.05) is 46.1 Å². The fourth-order valence-electron chi connectivity index (χ4n) is 5.31. The molecule has 1 aliphatic carbocycles. The number of nitrogens with one attached hydrogen (secondary N) is 2. The van der Waals surface area contributed by atoms with Crippen LogP contribution in [0.2, 0.25) is 0 Å². The first-order valence-electron chi connectivity index (χ1n) is 11.2. The lowest BCUT2D eigenvalue weighted by Crippen LogP contribution is -2.53. The van der Waals surface area contributed by atoms with Gasteiger partial charge in [0.15, 0.2) is 0 Å². The van der Waals surface area contributed by atoms with Gasteiger partial charge in [0.2, 0.25) is 0 Å². The predicted molar refractivity (Wildman–Crippen MR) is 111 cm³/mol. The highest BCUT2D eigenvalue weighted by Gasteiger charge is 2.38. The van der Waals surface area contributed by atoms with Crippen LogP contribution in [-0.4, -0.2) is 58.2 Å². The van der Waals surface area contributed by atoms with Gasteiger partial charge in [-0.05, 0) is 56.2 Å². The lowest BCUT2D eigenvalue weighted by molar-refractivity contribution is 0.0418. The molecule has 1 saturated carbocycles. The van der Waals surface area contributed by atoms with Gasteiger partial charge >= 0.3 is 0 Å². The van der Waals surface area contributed by atoms with Crippen molar-refractivity contribution < 1.29 is 14.2 Å². The molecule has 5 nitrogen and oxygen atoms in total. The zero-order valence-corrected chi connectivity index (χ0v) is 17.3. The number of hydrogen-bond acceptors (Lipinski definition) is 5. The van der Waals surface area contributed by atoms with Gasteiger partial charge in [-0.15, -0.1) is 0 Å². The highest BCUT2D eigenvalue weighted by atomic mass is 16.5. The first kappa shape index (κ1) is 20.1. The summed E-state index contributed by atoms with van der Waals surface area (Å²) in [6, 6.07) is 9.86. The first-order chi connectivity index (χ1) is 13.8. The summed E-state index contributed by atoms with van der Waals surface area (Å²) >= 11 is 0. The van der Waals surface area contributed by atoms with Crippen molar-refractivity contribution in [2.45, 2.75) is 56.5 Å². The van der Waals surface area contributed by atoms with Crippen LogP contribution in [-0.2, 0) is 14.9 Å². The highest BCUT2D eigenvalue weighted by molar-refractivity contribution is 5.33. The summed E-state index contributed by atoms with van der Waals surface area (Å²) in [5.74, 6) is 1.64. The summed E-state index contributed by atoms with van der Waals surface area (Å²) in [6.45, 7) is 8.16. The zero-order valence-electron chi connectivity index (χ0n) is 17.3. The Morgan fingerprint density at radius 2 is 1.93 bits per heavy atom. The summed E-state index contributed by atoms with van der Waals surface area (Å²) in [5, 5.41) is 7.68. The maximum absolute atomic E-state index is 5.74. The van der Waals surface area contributed by atoms with E-state index in [4.69, 9.17) is 14.2 Å². The van der Waals surface area contributed by atoms with Gasteiger partial charge in [0.25, 0.3) is 0 Å². The van der Waals surface area contributed by atoms with E-state index in [0.29, 0.717) is 24.6 Å². The molecule has 5 heteroatoms. The summed E-state index contributed by atoms with van der Waals surface area (Å²) < 4.78 is 17.1. The molecule has 3 fully saturated rings. The van der Waals surface area contributed by atoms with Gasteiger partial charge in [0.1, 0.15) is 5.75 Å². The molecule has 1 aromatic rings. The third kappa shape index (κ3) is 4.54. The van der Waals surface area contributed by atoms with Crippen LogP contribution in [0.4, 0.5) is 0 Å². The largest absolute Gasteiger partial charge is 0.494 e. The summed E-state index contributed by atoms with van der Waals surface area (Å²) in [4.78, 5) is 0. The monoisotopic (exact) mass is 388 g/mol. The minimum atomic E-state index is 0.159. The van der Waals surface area contributed by atoms with E-state index < -0.39 is 0 Å². The molecule has 0 aromatic heterocycles. The van der Waals surface area contributed by atoms with Crippen molar-refractivity contribution in [1.29, 1.82) is 0 Å². The minimum Gasteiger partial charge on any atom is -0.494 e. The smallest absolute Gasteiger partial charge is 0.119 e. The van der Waals surface area contributed by atoms with Crippen LogP contribution in [0.15, 0.2) is 24.3 Å². The van der Waals surface area contributed by atoms with Crippen LogP contribution in [0, 0.1) is 5.92 Å². The topological polar surface area (TPSA) is 51.8 Å². The fourth-order valence-corrected chi connectivity index (χ4v) is 5.31. The molecule has 4 rings (SSSR count). The number of ether oxygens (including phenoxy) is 3. The van der Waals surface area contributed by atoms with Crippen LogP contribution in [0.25, 0.3) is 0 Å². The molecule has 2 heterocycles. The number of rotatable bonds is 7. The molecule has 0 amide bonds. The van der Waals surface area contributed by atoms with E-state index in [1.807, 2.05) is 6.92 Å². The Morgan fingerprint density at radius 3 is 2.64 bits per heavy atom. The Kier molecular flexibility index (Phi) is 6.89. The highest BCUT2D eigenvalue weighted by Crippen LogP contribution is 2.37. The van der Waals surface area contributed by atoms with E-state index in [-0.39, 0.29) is 5.41 Å². The lowest BCUT2D eigenvalue weighted by atomic mass is 9.73. The molecular formula is C23H36N2O3. The predicted octanol–water partition coefficient (Wildman–Crippen LogP) is 2.88. The maximum atomic E-state index is 5.74. The van der Waals surface area contributed by atoms with Crippen molar-refractivity contribution >= 4 is 0 Å². The van der Waals surface area contributed by atoms with E-state index in [9.17, 15) is 0 Å². The molecule has 2 N–H and O–H groups in total. The second kappa shape index (κ2) is 9.57. The van der Waals surface area contributed by atoms with E-state index in [1.54, 1.807) is 0 Å². The molecule has 28 heavy (non-hydrogen) atoms. The molecular weight excluding hydrogens is 352 g/mol. The van der Waals surface area contributed by atoms with Gasteiger partial charge < -0.3 is 24.8 Å². The summed E-state index contributed by atoms with van der Waals surface area (Å²) in [5.41, 5.74) is 1.58. The van der Waals surface area contributed by atoms with Crippen LogP contribution < -0.4 is 15.4 Å². The third-order valence-electron chi connectivity index (χ3n) is 6.97. The SMILES string of the molecule is CCOc1ccc(C2(CNC3CCCC3C3COCCN3)CCOCC2)cc1. The molecule has 0 spiro atoms. The molecule has 3 aliphatic rings. The lowest BCUT2D eigenvalue weighted by Gasteiger charge is -2.40. The second-order valence-corrected chi connectivity index (χ2v) is 8.57. The Hall–Kier alpha value is -1.14. The van der Waals surface area contributed by atoms with Gasteiger partial charge in [0.05, 0.1) is 19.8 Å². The Balaban J connectivity index is 1.44. The standard InChI is InChI=1S/C23H36N2O3/c1-2-28-19-8-6-18(7-9-19)23(10-13-26-14-11-23)17-25-21-5-3-4-20(21)22-16-27-15-12-24-22/h6-9,20-22,24-25H,2-5,10-17H2,1H3. The normalized spacial score (nSPS) is 30.2. The van der Waals surface area contributed by atoms with Crippen LogP contribution in [0.3, 0.4) is 0 Å². The number of hydrogen-bond donors (Lipinski definition) is 2. The van der Waals surface area contributed by atoms with Crippen molar-refractivity contribution in [2.24, 2.45) is 5.92 Å². The number of benzene rings is 1. The molecule has 1 aromatic carbocycles. The van der Waals surface area contributed by atoms with E-state index in [2.05, 4.69) is 34.9 Å². The van der Waals surface area contributed by atoms with Gasteiger partial charge in [-0.3, -0.25) is 0 Å². The molecule has 3 atom stereocenters. The summed E-state index contributed by atoms with van der Waals surface area (Å²) in [6.07, 6.45) is 6.06. The van der Waals surface area contributed by atoms with Crippen molar-refractivity contribution in [3.8, 4) is 5.75 Å². The molecule has 0 bridgehead atoms. The zero-order chi connectivity index (χ0) is 19.2. The molecule has 2 aliphatic heterocycles. The van der Waals surface area contributed by atoms with E-state index in [1.165, 1.54) is 24.8 Å². The van der Waals surface area contributed by atoms with Gasteiger partial charge in [-0.2, -0.15) is 0 Å². The average molecular weight is 389 g/mol. The van der Waals surface area contributed by atoms with Crippen molar-refractivity contribution in [1.82, 2.24) is 10.6 Å². The minimum absolute atomic E-state index is 0.159.